The number of hydrogen-bond acceptors (Lipinski definition) is 2. The molecule has 1 rings (SSSR count). The molecule has 0 aliphatic heterocycles. The third kappa shape index (κ3) is 7.86. The van der Waals surface area contributed by atoms with E-state index >= 15 is 0 Å². The van der Waals surface area contributed by atoms with Crippen LogP contribution in [0.5, 0.6) is 0 Å². The number of Topliss-reactive ketones (excluding diaryl/α,β-unsaturated/α-hetero) is 1. The molecule has 27 heavy (non-hydrogen) atoms. The highest BCUT2D eigenvalue weighted by molar-refractivity contribution is 5.93. The summed E-state index contributed by atoms with van der Waals surface area (Å²) >= 11 is 0. The lowest BCUT2D eigenvalue weighted by Gasteiger charge is -2.15. The minimum atomic E-state index is 0.0326. The molecule has 3 nitrogen and oxygen atoms in total. The first-order valence-electron chi connectivity index (χ1n) is 10.9. The SMILES string of the molecule is CCCC(CC)C(=O)CCCCCc1cccc(NC(=O)C(C)CC)c1C. The standard InChI is InChI=1S/C24H39NO2/c1-6-13-20(8-3)23(26)17-11-9-10-14-21-15-12-16-22(19(21)5)25-24(27)18(4)7-2/h12,15-16,18,20H,6-11,13-14,17H2,1-5H3,(H,25,27). The number of anilines is 1. The predicted octanol–water partition coefficient (Wildman–Crippen LogP) is 6.48. The van der Waals surface area contributed by atoms with Crippen LogP contribution in [-0.2, 0) is 16.0 Å². The lowest BCUT2D eigenvalue weighted by Crippen LogP contribution is -2.20. The largest absolute Gasteiger partial charge is 0.326 e. The van der Waals surface area contributed by atoms with E-state index in [1.165, 1.54) is 11.1 Å². The van der Waals surface area contributed by atoms with Gasteiger partial charge in [-0.1, -0.05) is 52.7 Å². The van der Waals surface area contributed by atoms with Crippen molar-refractivity contribution in [3.8, 4) is 0 Å². The van der Waals surface area contributed by atoms with E-state index < -0.39 is 0 Å². The van der Waals surface area contributed by atoms with Crippen LogP contribution in [0.4, 0.5) is 5.69 Å². The van der Waals surface area contributed by atoms with Crippen molar-refractivity contribution in [3.63, 3.8) is 0 Å². The van der Waals surface area contributed by atoms with Crippen LogP contribution >= 0.6 is 0 Å². The van der Waals surface area contributed by atoms with Gasteiger partial charge in [-0.2, -0.15) is 0 Å². The number of hydrogen-bond donors (Lipinski definition) is 1. The Balaban J connectivity index is 2.46. The summed E-state index contributed by atoms with van der Waals surface area (Å²) in [4.78, 5) is 24.4. The van der Waals surface area contributed by atoms with Gasteiger partial charge in [0.05, 0.1) is 0 Å². The third-order valence-corrected chi connectivity index (χ3v) is 5.72. The summed E-state index contributed by atoms with van der Waals surface area (Å²) in [5, 5.41) is 3.07. The fourth-order valence-electron chi connectivity index (χ4n) is 3.47. The molecule has 152 valence electrons. The fraction of sp³-hybridized carbons (Fsp3) is 0.667. The number of unbranched alkanes of at least 4 members (excludes halogenated alkanes) is 2. The van der Waals surface area contributed by atoms with Crippen molar-refractivity contribution in [2.45, 2.75) is 92.4 Å². The van der Waals surface area contributed by atoms with Gasteiger partial charge in [-0.3, -0.25) is 9.59 Å². The lowest BCUT2D eigenvalue weighted by atomic mass is 9.92. The zero-order valence-corrected chi connectivity index (χ0v) is 18.1. The molecule has 0 aromatic heterocycles. The minimum Gasteiger partial charge on any atom is -0.326 e. The molecular formula is C24H39NO2. The summed E-state index contributed by atoms with van der Waals surface area (Å²) in [6.07, 6.45) is 8.82. The van der Waals surface area contributed by atoms with Crippen molar-refractivity contribution in [3.05, 3.63) is 29.3 Å². The fourth-order valence-corrected chi connectivity index (χ4v) is 3.47. The first kappa shape index (κ1) is 23.4. The molecule has 1 amide bonds. The maximum absolute atomic E-state index is 12.2. The summed E-state index contributed by atoms with van der Waals surface area (Å²) in [5.41, 5.74) is 3.39. The van der Waals surface area contributed by atoms with Gasteiger partial charge in [0, 0.05) is 23.9 Å². The summed E-state index contributed by atoms with van der Waals surface area (Å²) in [7, 11) is 0. The van der Waals surface area contributed by atoms with Crippen molar-refractivity contribution in [2.75, 3.05) is 5.32 Å². The highest BCUT2D eigenvalue weighted by atomic mass is 16.1. The molecular weight excluding hydrogens is 334 g/mol. The molecule has 1 aromatic rings. The molecule has 1 aromatic carbocycles. The first-order chi connectivity index (χ1) is 12.9. The number of ketones is 1. The average molecular weight is 374 g/mol. The Kier molecular flexibility index (Phi) is 11.0. The third-order valence-electron chi connectivity index (χ3n) is 5.72. The highest BCUT2D eigenvalue weighted by Gasteiger charge is 2.15. The van der Waals surface area contributed by atoms with E-state index in [1.807, 2.05) is 26.0 Å². The van der Waals surface area contributed by atoms with Crippen molar-refractivity contribution < 1.29 is 9.59 Å². The molecule has 0 saturated carbocycles. The van der Waals surface area contributed by atoms with E-state index in [-0.39, 0.29) is 17.7 Å². The maximum atomic E-state index is 12.2. The lowest BCUT2D eigenvalue weighted by molar-refractivity contribution is -0.123. The van der Waals surface area contributed by atoms with Crippen LogP contribution in [0.3, 0.4) is 0 Å². The molecule has 0 aliphatic carbocycles. The smallest absolute Gasteiger partial charge is 0.227 e. The molecule has 0 saturated heterocycles. The Hall–Kier alpha value is -1.64. The minimum absolute atomic E-state index is 0.0326. The molecule has 0 bridgehead atoms. The maximum Gasteiger partial charge on any atom is 0.227 e. The second kappa shape index (κ2) is 12.7. The van der Waals surface area contributed by atoms with E-state index in [0.29, 0.717) is 5.78 Å². The summed E-state index contributed by atoms with van der Waals surface area (Å²) in [6, 6.07) is 6.15. The van der Waals surface area contributed by atoms with E-state index in [9.17, 15) is 9.59 Å². The number of carbonyl (C=O) groups excluding carboxylic acids is 2. The molecule has 0 fully saturated rings. The Labute approximate surface area is 166 Å². The number of amides is 1. The van der Waals surface area contributed by atoms with Gasteiger partial charge in [0.2, 0.25) is 5.91 Å². The number of rotatable bonds is 13. The van der Waals surface area contributed by atoms with Gasteiger partial charge in [0.15, 0.2) is 0 Å². The molecule has 0 heterocycles. The van der Waals surface area contributed by atoms with Crippen LogP contribution < -0.4 is 5.32 Å². The van der Waals surface area contributed by atoms with Crippen LogP contribution in [0.25, 0.3) is 0 Å². The van der Waals surface area contributed by atoms with E-state index in [2.05, 4.69) is 32.2 Å². The van der Waals surface area contributed by atoms with Gasteiger partial charge in [0.1, 0.15) is 5.78 Å². The van der Waals surface area contributed by atoms with E-state index in [1.54, 1.807) is 0 Å². The van der Waals surface area contributed by atoms with E-state index in [4.69, 9.17) is 0 Å². The van der Waals surface area contributed by atoms with Crippen molar-refractivity contribution in [1.82, 2.24) is 0 Å². The quantitative estimate of drug-likeness (QED) is 0.402. The number of benzene rings is 1. The summed E-state index contributed by atoms with van der Waals surface area (Å²) < 4.78 is 0. The first-order valence-corrected chi connectivity index (χ1v) is 10.9. The van der Waals surface area contributed by atoms with Crippen LogP contribution in [0.1, 0.15) is 90.2 Å². The highest BCUT2D eigenvalue weighted by Crippen LogP contribution is 2.22. The summed E-state index contributed by atoms with van der Waals surface area (Å²) in [6.45, 7) is 10.3. The Morgan fingerprint density at radius 3 is 2.41 bits per heavy atom. The monoisotopic (exact) mass is 373 g/mol. The van der Waals surface area contributed by atoms with Crippen molar-refractivity contribution in [1.29, 1.82) is 0 Å². The molecule has 3 heteroatoms. The number of carbonyl (C=O) groups is 2. The molecule has 2 atom stereocenters. The average Bonchev–Trinajstić information content (AvgIpc) is 2.67. The van der Waals surface area contributed by atoms with Gasteiger partial charge in [0.25, 0.3) is 0 Å². The number of nitrogens with one attached hydrogen (secondary N) is 1. The van der Waals surface area contributed by atoms with Crippen LogP contribution in [-0.4, -0.2) is 11.7 Å². The van der Waals surface area contributed by atoms with Gasteiger partial charge in [-0.15, -0.1) is 0 Å². The second-order valence-corrected chi connectivity index (χ2v) is 7.81. The zero-order chi connectivity index (χ0) is 20.2. The Morgan fingerprint density at radius 2 is 1.78 bits per heavy atom. The summed E-state index contributed by atoms with van der Waals surface area (Å²) in [5.74, 6) is 0.840. The molecule has 2 unspecified atom stereocenters. The van der Waals surface area contributed by atoms with Gasteiger partial charge in [-0.05, 0) is 62.6 Å². The van der Waals surface area contributed by atoms with E-state index in [0.717, 1.165) is 63.5 Å². The molecule has 1 N–H and O–H groups in total. The normalized spacial score (nSPS) is 13.2. The number of aryl methyl sites for hydroxylation is 1. The predicted molar refractivity (Wildman–Crippen MR) is 115 cm³/mol. The van der Waals surface area contributed by atoms with Gasteiger partial charge < -0.3 is 5.32 Å². The van der Waals surface area contributed by atoms with Crippen LogP contribution in [0.2, 0.25) is 0 Å². The van der Waals surface area contributed by atoms with Gasteiger partial charge in [-0.25, -0.2) is 0 Å². The van der Waals surface area contributed by atoms with Crippen LogP contribution in [0, 0.1) is 18.8 Å². The molecule has 0 aliphatic rings. The Morgan fingerprint density at radius 1 is 1.04 bits per heavy atom. The van der Waals surface area contributed by atoms with Crippen molar-refractivity contribution >= 4 is 17.4 Å². The molecule has 0 spiro atoms. The van der Waals surface area contributed by atoms with Crippen LogP contribution in [0.15, 0.2) is 18.2 Å². The molecule has 0 radical (unpaired) electrons. The Bertz CT molecular complexity index is 594. The topological polar surface area (TPSA) is 46.2 Å². The van der Waals surface area contributed by atoms with Crippen molar-refractivity contribution in [2.24, 2.45) is 11.8 Å². The second-order valence-electron chi connectivity index (χ2n) is 7.81. The van der Waals surface area contributed by atoms with Gasteiger partial charge >= 0.3 is 0 Å². The zero-order valence-electron chi connectivity index (χ0n) is 18.1.